The van der Waals surface area contributed by atoms with Crippen LogP contribution in [0.3, 0.4) is 0 Å². The van der Waals surface area contributed by atoms with Crippen molar-refractivity contribution in [2.45, 2.75) is 40.5 Å². The molecule has 0 spiro atoms. The van der Waals surface area contributed by atoms with Crippen molar-refractivity contribution in [3.8, 4) is 5.75 Å². The number of aryl methyl sites for hydroxylation is 1. The van der Waals surface area contributed by atoms with Gasteiger partial charge in [0.05, 0.1) is 0 Å². The first kappa shape index (κ1) is 15.0. The predicted molar refractivity (Wildman–Crippen MR) is 78.5 cm³/mol. The van der Waals surface area contributed by atoms with Crippen molar-refractivity contribution in [2.75, 3.05) is 19.7 Å². The lowest BCUT2D eigenvalue weighted by Gasteiger charge is -2.13. The number of rotatable bonds is 7. The first-order valence-electron chi connectivity index (χ1n) is 6.94. The van der Waals surface area contributed by atoms with Crippen molar-refractivity contribution in [1.82, 2.24) is 5.32 Å². The lowest BCUT2D eigenvalue weighted by Crippen LogP contribution is -2.25. The Morgan fingerprint density at radius 1 is 1.17 bits per heavy atom. The van der Waals surface area contributed by atoms with Gasteiger partial charge in [0.25, 0.3) is 0 Å². The summed E-state index contributed by atoms with van der Waals surface area (Å²) in [4.78, 5) is 0. The fraction of sp³-hybridized carbons (Fsp3) is 0.625. The molecule has 0 atom stereocenters. The van der Waals surface area contributed by atoms with E-state index in [1.54, 1.807) is 0 Å². The van der Waals surface area contributed by atoms with E-state index in [9.17, 15) is 0 Å². The molecule has 1 aromatic rings. The molecule has 0 amide bonds. The second-order valence-corrected chi connectivity index (χ2v) is 5.63. The summed E-state index contributed by atoms with van der Waals surface area (Å²) in [6, 6.07) is 6.50. The third-order valence-corrected chi connectivity index (χ3v) is 2.97. The average Bonchev–Trinajstić information content (AvgIpc) is 2.30. The second kappa shape index (κ2) is 7.42. The van der Waals surface area contributed by atoms with E-state index in [0.717, 1.165) is 25.4 Å². The number of hydrogen-bond donors (Lipinski definition) is 1. The molecule has 1 N–H and O–H groups in total. The van der Waals surface area contributed by atoms with Gasteiger partial charge in [-0.1, -0.05) is 39.8 Å². The highest BCUT2D eigenvalue weighted by Crippen LogP contribution is 2.24. The normalized spacial score (nSPS) is 11.3. The summed E-state index contributed by atoms with van der Waals surface area (Å²) in [5.74, 6) is 2.26. The Bertz CT molecular complexity index is 358. The predicted octanol–water partition coefficient (Wildman–Crippen LogP) is 3.74. The van der Waals surface area contributed by atoms with Crippen molar-refractivity contribution in [3.63, 3.8) is 0 Å². The van der Waals surface area contributed by atoms with Crippen LogP contribution in [0.1, 0.15) is 44.7 Å². The Morgan fingerprint density at radius 3 is 2.50 bits per heavy atom. The third-order valence-electron chi connectivity index (χ3n) is 2.97. The summed E-state index contributed by atoms with van der Waals surface area (Å²) in [7, 11) is 0. The zero-order valence-electron chi connectivity index (χ0n) is 12.4. The minimum Gasteiger partial charge on any atom is -0.492 e. The van der Waals surface area contributed by atoms with E-state index in [4.69, 9.17) is 4.74 Å². The molecule has 18 heavy (non-hydrogen) atoms. The van der Waals surface area contributed by atoms with Crippen LogP contribution in [0.4, 0.5) is 0 Å². The maximum Gasteiger partial charge on any atom is 0.122 e. The van der Waals surface area contributed by atoms with Gasteiger partial charge in [-0.15, -0.1) is 0 Å². The Labute approximate surface area is 112 Å². The zero-order valence-corrected chi connectivity index (χ0v) is 12.4. The van der Waals surface area contributed by atoms with E-state index < -0.39 is 0 Å². The molecule has 2 nitrogen and oxygen atoms in total. The van der Waals surface area contributed by atoms with Gasteiger partial charge in [0.15, 0.2) is 0 Å². The molecule has 1 aromatic carbocycles. The van der Waals surface area contributed by atoms with Crippen molar-refractivity contribution in [2.24, 2.45) is 5.92 Å². The zero-order chi connectivity index (χ0) is 13.5. The molecule has 0 fully saturated rings. The molecule has 2 heteroatoms. The minimum absolute atomic E-state index is 0.548. The summed E-state index contributed by atoms with van der Waals surface area (Å²) >= 11 is 0. The molecule has 0 aliphatic heterocycles. The first-order chi connectivity index (χ1) is 8.50. The standard InChI is InChI=1S/C16H27NO/c1-12(2)11-17-8-9-18-16-10-15(13(3)4)7-6-14(16)5/h6-7,10,12-13,17H,8-9,11H2,1-5H3. The molecule has 0 saturated heterocycles. The lowest BCUT2D eigenvalue weighted by atomic mass is 10.0. The van der Waals surface area contributed by atoms with Gasteiger partial charge >= 0.3 is 0 Å². The van der Waals surface area contributed by atoms with Crippen LogP contribution < -0.4 is 10.1 Å². The monoisotopic (exact) mass is 249 g/mol. The highest BCUT2D eigenvalue weighted by atomic mass is 16.5. The van der Waals surface area contributed by atoms with Gasteiger partial charge in [-0.05, 0) is 42.5 Å². The molecule has 0 aliphatic rings. The van der Waals surface area contributed by atoms with Crippen LogP contribution in [0.5, 0.6) is 5.75 Å². The quantitative estimate of drug-likeness (QED) is 0.743. The molecule has 0 aromatic heterocycles. The molecule has 1 rings (SSSR count). The van der Waals surface area contributed by atoms with E-state index in [1.165, 1.54) is 11.1 Å². The summed E-state index contributed by atoms with van der Waals surface area (Å²) in [5, 5.41) is 3.39. The fourth-order valence-electron chi connectivity index (χ4n) is 1.76. The first-order valence-corrected chi connectivity index (χ1v) is 6.94. The highest BCUT2D eigenvalue weighted by Gasteiger charge is 2.04. The van der Waals surface area contributed by atoms with E-state index in [2.05, 4.69) is 58.1 Å². The summed E-state index contributed by atoms with van der Waals surface area (Å²) in [5.41, 5.74) is 2.55. The van der Waals surface area contributed by atoms with Crippen molar-refractivity contribution in [1.29, 1.82) is 0 Å². The number of hydrogen-bond acceptors (Lipinski definition) is 2. The molecule has 0 aliphatic carbocycles. The summed E-state index contributed by atoms with van der Waals surface area (Å²) in [6.07, 6.45) is 0. The maximum atomic E-state index is 5.85. The number of benzene rings is 1. The molecule has 0 saturated carbocycles. The lowest BCUT2D eigenvalue weighted by molar-refractivity contribution is 0.308. The van der Waals surface area contributed by atoms with E-state index >= 15 is 0 Å². The highest BCUT2D eigenvalue weighted by molar-refractivity contribution is 5.37. The Balaban J connectivity index is 2.43. The van der Waals surface area contributed by atoms with Crippen molar-refractivity contribution < 1.29 is 4.74 Å². The van der Waals surface area contributed by atoms with E-state index in [1.807, 2.05) is 0 Å². The maximum absolute atomic E-state index is 5.85. The number of ether oxygens (including phenoxy) is 1. The summed E-state index contributed by atoms with van der Waals surface area (Å²) in [6.45, 7) is 13.6. The smallest absolute Gasteiger partial charge is 0.122 e. The van der Waals surface area contributed by atoms with Crippen LogP contribution in [-0.2, 0) is 0 Å². The Morgan fingerprint density at radius 2 is 1.89 bits per heavy atom. The minimum atomic E-state index is 0.548. The molecule has 0 heterocycles. The van der Waals surface area contributed by atoms with Gasteiger partial charge in [0.2, 0.25) is 0 Å². The topological polar surface area (TPSA) is 21.3 Å². The molecular formula is C16H27NO. The molecule has 0 bridgehead atoms. The summed E-state index contributed by atoms with van der Waals surface area (Å²) < 4.78 is 5.85. The van der Waals surface area contributed by atoms with Crippen LogP contribution in [0.2, 0.25) is 0 Å². The fourth-order valence-corrected chi connectivity index (χ4v) is 1.76. The number of nitrogens with one attached hydrogen (secondary N) is 1. The van der Waals surface area contributed by atoms with Crippen LogP contribution in [-0.4, -0.2) is 19.7 Å². The Hall–Kier alpha value is -1.02. The Kier molecular flexibility index (Phi) is 6.20. The second-order valence-electron chi connectivity index (χ2n) is 5.63. The van der Waals surface area contributed by atoms with E-state index in [-0.39, 0.29) is 0 Å². The van der Waals surface area contributed by atoms with Gasteiger partial charge in [0.1, 0.15) is 12.4 Å². The van der Waals surface area contributed by atoms with Crippen LogP contribution >= 0.6 is 0 Å². The molecule has 0 unspecified atom stereocenters. The molecule has 102 valence electrons. The SMILES string of the molecule is Cc1ccc(C(C)C)cc1OCCNCC(C)C. The third kappa shape index (κ3) is 5.09. The van der Waals surface area contributed by atoms with Crippen LogP contribution in [0, 0.1) is 12.8 Å². The van der Waals surface area contributed by atoms with Crippen molar-refractivity contribution in [3.05, 3.63) is 29.3 Å². The van der Waals surface area contributed by atoms with Gasteiger partial charge in [-0.3, -0.25) is 0 Å². The molecule has 0 radical (unpaired) electrons. The van der Waals surface area contributed by atoms with Crippen molar-refractivity contribution >= 4 is 0 Å². The molecular weight excluding hydrogens is 222 g/mol. The van der Waals surface area contributed by atoms with Gasteiger partial charge in [0, 0.05) is 6.54 Å². The van der Waals surface area contributed by atoms with Gasteiger partial charge < -0.3 is 10.1 Å². The van der Waals surface area contributed by atoms with E-state index in [0.29, 0.717) is 11.8 Å². The average molecular weight is 249 g/mol. The van der Waals surface area contributed by atoms with Gasteiger partial charge in [-0.25, -0.2) is 0 Å². The van der Waals surface area contributed by atoms with Crippen LogP contribution in [0.25, 0.3) is 0 Å². The van der Waals surface area contributed by atoms with Crippen LogP contribution in [0.15, 0.2) is 18.2 Å². The largest absolute Gasteiger partial charge is 0.492 e. The van der Waals surface area contributed by atoms with Gasteiger partial charge in [-0.2, -0.15) is 0 Å².